The summed E-state index contributed by atoms with van der Waals surface area (Å²) in [5.74, 6) is -0.195. The lowest BCUT2D eigenvalue weighted by atomic mass is 10.1. The highest BCUT2D eigenvalue weighted by atomic mass is 35.5. The molecule has 2 atom stereocenters. The number of carbonyl (C=O) groups is 2. The Morgan fingerprint density at radius 3 is 2.87 bits per heavy atom. The summed E-state index contributed by atoms with van der Waals surface area (Å²) < 4.78 is 28.7. The summed E-state index contributed by atoms with van der Waals surface area (Å²) >= 11 is 7.50. The van der Waals surface area contributed by atoms with Gasteiger partial charge in [-0.2, -0.15) is 4.31 Å². The zero-order chi connectivity index (χ0) is 27.3. The monoisotopic (exact) mass is 593 g/mol. The first kappa shape index (κ1) is 26.5. The van der Waals surface area contributed by atoms with Gasteiger partial charge in [-0.3, -0.25) is 4.79 Å². The molecule has 39 heavy (non-hydrogen) atoms. The second-order valence-electron chi connectivity index (χ2n) is 10.0. The first-order valence-electron chi connectivity index (χ1n) is 12.7. The van der Waals surface area contributed by atoms with E-state index in [0.717, 1.165) is 30.1 Å². The Balaban J connectivity index is 1.24. The molecule has 0 spiro atoms. The van der Waals surface area contributed by atoms with Crippen molar-refractivity contribution >= 4 is 55.9 Å². The molecule has 0 bridgehead atoms. The summed E-state index contributed by atoms with van der Waals surface area (Å²) in [6.07, 6.45) is 0.682. The highest BCUT2D eigenvalue weighted by Crippen LogP contribution is 2.30. The molecule has 2 saturated heterocycles. The maximum absolute atomic E-state index is 13.7. The Labute approximate surface area is 234 Å². The number of H-pyrrole nitrogens is 1. The van der Waals surface area contributed by atoms with Gasteiger partial charge in [0.25, 0.3) is 15.9 Å². The second-order valence-corrected chi connectivity index (χ2v) is 13.5. The summed E-state index contributed by atoms with van der Waals surface area (Å²) in [5.41, 5.74) is 4.26. The number of nitrogens with one attached hydrogen (secondary N) is 3. The van der Waals surface area contributed by atoms with Crippen LogP contribution in [0, 0.1) is 0 Å². The number of piperazine rings is 1. The lowest BCUT2D eigenvalue weighted by Crippen LogP contribution is -2.56. The van der Waals surface area contributed by atoms with Crippen LogP contribution in [0.15, 0.2) is 29.3 Å². The van der Waals surface area contributed by atoms with Gasteiger partial charge in [-0.05, 0) is 44.2 Å². The number of hydrogen-bond acceptors (Lipinski definition) is 9. The van der Waals surface area contributed by atoms with Crippen LogP contribution >= 0.6 is 22.9 Å². The molecule has 1 aromatic carbocycles. The Hall–Kier alpha value is -2.75. The molecule has 3 aliphatic heterocycles. The van der Waals surface area contributed by atoms with E-state index in [2.05, 4.69) is 25.7 Å². The van der Waals surface area contributed by atoms with Crippen molar-refractivity contribution in [2.24, 2.45) is 0 Å². The third kappa shape index (κ3) is 5.24. The Morgan fingerprint density at radius 2 is 2.08 bits per heavy atom. The van der Waals surface area contributed by atoms with Crippen LogP contribution < -0.4 is 10.8 Å². The number of aromatic nitrogens is 2. The number of aromatic amines is 1. The fraction of sp³-hybridized carbons (Fsp3) is 0.458. The van der Waals surface area contributed by atoms with Crippen LogP contribution in [0.1, 0.15) is 33.2 Å². The summed E-state index contributed by atoms with van der Waals surface area (Å²) in [7, 11) is -1.83. The van der Waals surface area contributed by atoms with Crippen molar-refractivity contribution in [1.82, 2.24) is 34.9 Å². The van der Waals surface area contributed by atoms with Crippen LogP contribution in [0.5, 0.6) is 0 Å². The predicted molar refractivity (Wildman–Crippen MR) is 145 cm³/mol. The molecule has 2 aromatic heterocycles. The maximum atomic E-state index is 13.7. The number of nitrogens with zero attached hydrogens (tertiary/aromatic N) is 4. The molecule has 12 nitrogen and oxygen atoms in total. The van der Waals surface area contributed by atoms with Crippen molar-refractivity contribution in [3.05, 3.63) is 44.9 Å². The van der Waals surface area contributed by atoms with Crippen LogP contribution in [0.2, 0.25) is 5.02 Å². The molecule has 2 amide bonds. The highest BCUT2D eigenvalue weighted by Gasteiger charge is 2.39. The van der Waals surface area contributed by atoms with E-state index in [-0.39, 0.29) is 30.6 Å². The minimum Gasteiger partial charge on any atom is -0.352 e. The SMILES string of the molecule is CN1CCc2nc(C(=O)N3CCN(S(=O)(=O)c4cc5cc(Cl)ccc5[nH]4)CC3CCC3NOC(=O)N3)sc2C1. The average Bonchev–Trinajstić information content (AvgIpc) is 3.64. The van der Waals surface area contributed by atoms with Gasteiger partial charge in [-0.15, -0.1) is 16.8 Å². The fourth-order valence-corrected chi connectivity index (χ4v) is 8.08. The van der Waals surface area contributed by atoms with E-state index in [9.17, 15) is 18.0 Å². The Bertz CT molecular complexity index is 1540. The molecule has 3 N–H and O–H groups in total. The quantitative estimate of drug-likeness (QED) is 0.395. The predicted octanol–water partition coefficient (Wildman–Crippen LogP) is 2.13. The number of hydrogen-bond donors (Lipinski definition) is 3. The van der Waals surface area contributed by atoms with E-state index in [1.807, 2.05) is 7.05 Å². The number of benzene rings is 1. The van der Waals surface area contributed by atoms with Crippen LogP contribution in [0.25, 0.3) is 10.9 Å². The van der Waals surface area contributed by atoms with E-state index < -0.39 is 28.3 Å². The van der Waals surface area contributed by atoms with Crippen molar-refractivity contribution in [2.75, 3.05) is 33.2 Å². The number of rotatable bonds is 6. The molecule has 15 heteroatoms. The van der Waals surface area contributed by atoms with Crippen LogP contribution in [-0.2, 0) is 27.8 Å². The van der Waals surface area contributed by atoms with Gasteiger partial charge in [0.05, 0.1) is 5.69 Å². The van der Waals surface area contributed by atoms with Gasteiger partial charge >= 0.3 is 6.09 Å². The van der Waals surface area contributed by atoms with E-state index in [0.29, 0.717) is 33.8 Å². The highest BCUT2D eigenvalue weighted by molar-refractivity contribution is 7.89. The molecule has 6 rings (SSSR count). The van der Waals surface area contributed by atoms with Crippen LogP contribution in [-0.4, -0.2) is 89.9 Å². The van der Waals surface area contributed by atoms with Crippen molar-refractivity contribution in [3.8, 4) is 0 Å². The maximum Gasteiger partial charge on any atom is 0.427 e. The van der Waals surface area contributed by atoms with Gasteiger partial charge in [0, 0.05) is 66.0 Å². The molecule has 0 aliphatic carbocycles. The van der Waals surface area contributed by atoms with Gasteiger partial charge in [-0.1, -0.05) is 11.6 Å². The van der Waals surface area contributed by atoms with Crippen molar-refractivity contribution < 1.29 is 22.8 Å². The van der Waals surface area contributed by atoms with E-state index in [1.54, 1.807) is 29.2 Å². The molecule has 0 radical (unpaired) electrons. The zero-order valence-corrected chi connectivity index (χ0v) is 23.5. The van der Waals surface area contributed by atoms with E-state index in [4.69, 9.17) is 16.4 Å². The first-order chi connectivity index (χ1) is 18.7. The molecule has 2 fully saturated rings. The Morgan fingerprint density at radius 1 is 1.23 bits per heavy atom. The van der Waals surface area contributed by atoms with Gasteiger partial charge in [0.15, 0.2) is 5.01 Å². The molecular formula is C24H28ClN7O5S2. The summed E-state index contributed by atoms with van der Waals surface area (Å²) in [4.78, 5) is 42.6. The molecule has 0 saturated carbocycles. The minimum absolute atomic E-state index is 0.0770. The number of carbonyl (C=O) groups excluding carboxylic acids is 2. The van der Waals surface area contributed by atoms with E-state index >= 15 is 0 Å². The lowest BCUT2D eigenvalue weighted by Gasteiger charge is -2.40. The molecule has 208 valence electrons. The number of thiazole rings is 1. The van der Waals surface area contributed by atoms with Crippen LogP contribution in [0.4, 0.5) is 4.79 Å². The lowest BCUT2D eigenvalue weighted by molar-refractivity contribution is 0.0534. The summed E-state index contributed by atoms with van der Waals surface area (Å²) in [6.45, 7) is 2.14. The molecule has 3 aromatic rings. The van der Waals surface area contributed by atoms with Crippen molar-refractivity contribution in [3.63, 3.8) is 0 Å². The third-order valence-electron chi connectivity index (χ3n) is 7.36. The number of amides is 2. The fourth-order valence-electron chi connectivity index (χ4n) is 5.27. The molecule has 2 unspecified atom stereocenters. The number of fused-ring (bicyclic) bond motifs is 2. The largest absolute Gasteiger partial charge is 0.427 e. The van der Waals surface area contributed by atoms with Crippen LogP contribution in [0.3, 0.4) is 0 Å². The minimum atomic E-state index is -3.87. The van der Waals surface area contributed by atoms with Gasteiger partial charge in [0.2, 0.25) is 0 Å². The second kappa shape index (κ2) is 10.3. The number of hydroxylamine groups is 1. The standard InChI is InChI=1S/C24H28ClN7O5S2/c1-30-7-6-18-19(13-30)38-22(27-18)23(33)32-9-8-31(12-16(32)3-5-20-28-24(34)37-29-20)39(35,36)21-11-14-10-15(25)2-4-17(14)26-21/h2,4,10-11,16,20,26,29H,3,5-9,12-13H2,1H3,(H,28,34). The van der Waals surface area contributed by atoms with Crippen molar-refractivity contribution in [1.29, 1.82) is 0 Å². The topological polar surface area (TPSA) is 140 Å². The van der Waals surface area contributed by atoms with Gasteiger partial charge in [0.1, 0.15) is 11.2 Å². The average molecular weight is 594 g/mol. The summed E-state index contributed by atoms with van der Waals surface area (Å²) in [6, 6.07) is 6.30. The normalized spacial score (nSPS) is 22.6. The third-order valence-corrected chi connectivity index (χ3v) is 10.5. The molecule has 3 aliphatic rings. The Kier molecular flexibility index (Phi) is 7.02. The first-order valence-corrected chi connectivity index (χ1v) is 15.3. The van der Waals surface area contributed by atoms with E-state index in [1.165, 1.54) is 15.6 Å². The number of sulfonamides is 1. The number of halogens is 1. The molecule has 5 heterocycles. The zero-order valence-electron chi connectivity index (χ0n) is 21.1. The molecular weight excluding hydrogens is 566 g/mol. The summed E-state index contributed by atoms with van der Waals surface area (Å²) in [5, 5.41) is 4.38. The van der Waals surface area contributed by atoms with Gasteiger partial charge in [-0.25, -0.2) is 18.2 Å². The van der Waals surface area contributed by atoms with Gasteiger partial charge < -0.3 is 24.9 Å². The van der Waals surface area contributed by atoms with Crippen molar-refractivity contribution in [2.45, 2.75) is 43.0 Å². The smallest absolute Gasteiger partial charge is 0.352 e. The number of likely N-dealkylation sites (N-methyl/N-ethyl adjacent to an activating group) is 1.